The second kappa shape index (κ2) is 8.27. The molecule has 0 atom stereocenters. The summed E-state index contributed by atoms with van der Waals surface area (Å²) >= 11 is 0. The molecule has 0 aliphatic rings. The Bertz CT molecular complexity index is 1620. The van der Waals surface area contributed by atoms with Crippen molar-refractivity contribution in [3.8, 4) is 22.9 Å². The monoisotopic (exact) mass is 481 g/mol. The van der Waals surface area contributed by atoms with E-state index in [4.69, 9.17) is 10.00 Å². The summed E-state index contributed by atoms with van der Waals surface area (Å²) in [5, 5.41) is 9.68. The molecule has 3 aromatic carbocycles. The standard InChI is InChI=1S/C23H19N3O5S2/c1-31-19-4-3-5-20(13-19)33(29,30)26-15-22(17-8-6-16(14-24)7-9-17)21-11-10-18(12-23(21)26)25-32(2,27)28/h3-13,15,25H,1-2H3. The average molecular weight is 482 g/mol. The zero-order valence-corrected chi connectivity index (χ0v) is 19.3. The molecule has 33 heavy (non-hydrogen) atoms. The van der Waals surface area contributed by atoms with Crippen LogP contribution in [0.4, 0.5) is 5.69 Å². The number of nitrogens with one attached hydrogen (secondary N) is 1. The summed E-state index contributed by atoms with van der Waals surface area (Å²) in [7, 11) is -6.17. The van der Waals surface area contributed by atoms with Crippen LogP contribution in [0, 0.1) is 11.3 Å². The van der Waals surface area contributed by atoms with Crippen LogP contribution in [0.25, 0.3) is 22.0 Å². The van der Waals surface area contributed by atoms with Gasteiger partial charge in [-0.15, -0.1) is 0 Å². The zero-order valence-electron chi connectivity index (χ0n) is 17.7. The molecule has 1 aromatic heterocycles. The molecule has 0 radical (unpaired) electrons. The van der Waals surface area contributed by atoms with Crippen LogP contribution in [0.5, 0.6) is 5.75 Å². The Morgan fingerprint density at radius 3 is 2.33 bits per heavy atom. The molecule has 4 aromatic rings. The summed E-state index contributed by atoms with van der Waals surface area (Å²) in [6.07, 6.45) is 2.51. The van der Waals surface area contributed by atoms with Gasteiger partial charge in [0.05, 0.1) is 41.1 Å². The average Bonchev–Trinajstić information content (AvgIpc) is 3.17. The van der Waals surface area contributed by atoms with Crippen molar-refractivity contribution in [3.05, 3.63) is 78.5 Å². The lowest BCUT2D eigenvalue weighted by atomic mass is 10.0. The molecule has 0 spiro atoms. The van der Waals surface area contributed by atoms with Crippen molar-refractivity contribution >= 4 is 36.6 Å². The van der Waals surface area contributed by atoms with Gasteiger partial charge in [-0.2, -0.15) is 5.26 Å². The molecule has 168 valence electrons. The first-order valence-electron chi connectivity index (χ1n) is 9.65. The van der Waals surface area contributed by atoms with Crippen molar-refractivity contribution in [2.75, 3.05) is 18.1 Å². The summed E-state index contributed by atoms with van der Waals surface area (Å²) in [5.41, 5.74) is 2.34. The maximum Gasteiger partial charge on any atom is 0.268 e. The molecule has 0 saturated carbocycles. The maximum atomic E-state index is 13.6. The van der Waals surface area contributed by atoms with Crippen LogP contribution < -0.4 is 9.46 Å². The minimum absolute atomic E-state index is 0.0200. The fourth-order valence-corrected chi connectivity index (χ4v) is 5.46. The van der Waals surface area contributed by atoms with Crippen molar-refractivity contribution in [2.45, 2.75) is 4.90 Å². The SMILES string of the molecule is COc1cccc(S(=O)(=O)n2cc(-c3ccc(C#N)cc3)c3ccc(NS(C)(=O)=O)cc32)c1. The summed E-state index contributed by atoms with van der Waals surface area (Å²) < 4.78 is 59.3. The number of hydrogen-bond donors (Lipinski definition) is 1. The lowest BCUT2D eigenvalue weighted by Crippen LogP contribution is -2.13. The third kappa shape index (κ3) is 4.41. The van der Waals surface area contributed by atoms with Crippen LogP contribution in [0.2, 0.25) is 0 Å². The first kappa shape index (κ1) is 22.4. The molecule has 4 rings (SSSR count). The molecule has 0 bridgehead atoms. The molecule has 1 heterocycles. The van der Waals surface area contributed by atoms with Crippen molar-refractivity contribution in [1.29, 1.82) is 5.26 Å². The smallest absolute Gasteiger partial charge is 0.268 e. The Labute approximate surface area is 191 Å². The number of benzene rings is 3. The lowest BCUT2D eigenvalue weighted by Gasteiger charge is -2.10. The molecular weight excluding hydrogens is 462 g/mol. The lowest BCUT2D eigenvalue weighted by molar-refractivity contribution is 0.413. The van der Waals surface area contributed by atoms with E-state index in [0.717, 1.165) is 10.2 Å². The molecule has 10 heteroatoms. The van der Waals surface area contributed by atoms with Gasteiger partial charge in [0, 0.05) is 23.2 Å². The van der Waals surface area contributed by atoms with Gasteiger partial charge in [0.15, 0.2) is 0 Å². The van der Waals surface area contributed by atoms with Gasteiger partial charge in [-0.25, -0.2) is 20.8 Å². The number of nitriles is 1. The van der Waals surface area contributed by atoms with E-state index in [2.05, 4.69) is 10.8 Å². The first-order valence-corrected chi connectivity index (χ1v) is 13.0. The van der Waals surface area contributed by atoms with Gasteiger partial charge in [-0.1, -0.05) is 24.3 Å². The maximum absolute atomic E-state index is 13.6. The van der Waals surface area contributed by atoms with E-state index in [1.807, 2.05) is 0 Å². The largest absolute Gasteiger partial charge is 0.497 e. The van der Waals surface area contributed by atoms with Crippen LogP contribution in [-0.4, -0.2) is 34.2 Å². The molecular formula is C23H19N3O5S2. The number of methoxy groups -OCH3 is 1. The predicted molar refractivity (Wildman–Crippen MR) is 126 cm³/mol. The van der Waals surface area contributed by atoms with Crippen LogP contribution in [0.3, 0.4) is 0 Å². The van der Waals surface area contributed by atoms with E-state index in [-0.39, 0.29) is 10.6 Å². The Hall–Kier alpha value is -3.81. The highest BCUT2D eigenvalue weighted by Gasteiger charge is 2.23. The van der Waals surface area contributed by atoms with E-state index in [0.29, 0.717) is 33.3 Å². The fourth-order valence-electron chi connectivity index (χ4n) is 3.50. The molecule has 1 N–H and O–H groups in total. The number of aromatic nitrogens is 1. The van der Waals surface area contributed by atoms with Crippen molar-refractivity contribution < 1.29 is 21.6 Å². The Morgan fingerprint density at radius 1 is 0.970 bits per heavy atom. The number of hydrogen-bond acceptors (Lipinski definition) is 6. The topological polar surface area (TPSA) is 118 Å². The second-order valence-electron chi connectivity index (χ2n) is 7.32. The number of sulfonamides is 1. The van der Waals surface area contributed by atoms with Gasteiger partial charge in [0.1, 0.15) is 5.75 Å². The van der Waals surface area contributed by atoms with Crippen molar-refractivity contribution in [3.63, 3.8) is 0 Å². The summed E-state index contributed by atoms with van der Waals surface area (Å²) in [6.45, 7) is 0. The molecule has 0 aliphatic carbocycles. The van der Waals surface area contributed by atoms with Gasteiger partial charge < -0.3 is 4.74 Å². The van der Waals surface area contributed by atoms with Gasteiger partial charge in [0.25, 0.3) is 10.0 Å². The summed E-state index contributed by atoms with van der Waals surface area (Å²) in [6, 6.07) is 19.6. The van der Waals surface area contributed by atoms with Crippen LogP contribution >= 0.6 is 0 Å². The van der Waals surface area contributed by atoms with E-state index >= 15 is 0 Å². The summed E-state index contributed by atoms with van der Waals surface area (Å²) in [4.78, 5) is 0.0200. The normalized spacial score (nSPS) is 11.8. The Kier molecular flexibility index (Phi) is 5.61. The minimum atomic E-state index is -4.05. The van der Waals surface area contributed by atoms with Crippen LogP contribution in [0.1, 0.15) is 5.56 Å². The van der Waals surface area contributed by atoms with Gasteiger partial charge in [-0.3, -0.25) is 4.72 Å². The van der Waals surface area contributed by atoms with Crippen molar-refractivity contribution in [2.24, 2.45) is 0 Å². The van der Waals surface area contributed by atoms with E-state index in [1.54, 1.807) is 48.5 Å². The van der Waals surface area contributed by atoms with Crippen LogP contribution in [0.15, 0.2) is 77.8 Å². The predicted octanol–water partition coefficient (Wildman–Crippen LogP) is 3.80. The minimum Gasteiger partial charge on any atom is -0.497 e. The van der Waals surface area contributed by atoms with E-state index in [1.165, 1.54) is 31.5 Å². The third-order valence-corrected chi connectivity index (χ3v) is 7.27. The van der Waals surface area contributed by atoms with Gasteiger partial charge in [0.2, 0.25) is 10.0 Å². The van der Waals surface area contributed by atoms with E-state index in [9.17, 15) is 16.8 Å². The van der Waals surface area contributed by atoms with Crippen LogP contribution in [-0.2, 0) is 20.0 Å². The molecule has 0 fully saturated rings. The Morgan fingerprint density at radius 2 is 1.70 bits per heavy atom. The molecule has 0 amide bonds. The highest BCUT2D eigenvalue weighted by atomic mass is 32.2. The number of anilines is 1. The third-order valence-electron chi connectivity index (χ3n) is 5.00. The fraction of sp³-hybridized carbons (Fsp3) is 0.0870. The number of rotatable bonds is 6. The van der Waals surface area contributed by atoms with E-state index < -0.39 is 20.0 Å². The molecule has 0 aliphatic heterocycles. The molecule has 0 saturated heterocycles. The highest BCUT2D eigenvalue weighted by Crippen LogP contribution is 2.35. The van der Waals surface area contributed by atoms with Gasteiger partial charge >= 0.3 is 0 Å². The van der Waals surface area contributed by atoms with Gasteiger partial charge in [-0.05, 0) is 42.0 Å². The first-order chi connectivity index (χ1) is 15.6. The second-order valence-corrected chi connectivity index (χ2v) is 10.9. The number of nitrogens with zero attached hydrogens (tertiary/aromatic N) is 2. The van der Waals surface area contributed by atoms with Crippen molar-refractivity contribution in [1.82, 2.24) is 3.97 Å². The number of fused-ring (bicyclic) bond motifs is 1. The quantitative estimate of drug-likeness (QED) is 0.448. The zero-order chi connectivity index (χ0) is 23.8. The number of ether oxygens (including phenoxy) is 1. The highest BCUT2D eigenvalue weighted by molar-refractivity contribution is 7.92. The molecule has 8 nitrogen and oxygen atoms in total. The Balaban J connectivity index is 1.98. The molecule has 0 unspecified atom stereocenters. The summed E-state index contributed by atoms with van der Waals surface area (Å²) in [5.74, 6) is 0.388.